The second kappa shape index (κ2) is 14.5. The molecule has 0 fully saturated rings. The Morgan fingerprint density at radius 2 is 0.831 bits per heavy atom. The summed E-state index contributed by atoms with van der Waals surface area (Å²) >= 11 is 0. The quantitative estimate of drug-likeness (QED) is 0.113. The first-order chi connectivity index (χ1) is 28.4. The van der Waals surface area contributed by atoms with Crippen molar-refractivity contribution in [3.8, 4) is 6.07 Å². The Kier molecular flexibility index (Phi) is 9.24. The summed E-state index contributed by atoms with van der Waals surface area (Å²) in [5.41, 5.74) is 9.11. The van der Waals surface area contributed by atoms with E-state index >= 15 is 0 Å². The number of anilines is 6. The maximum atomic E-state index is 9.51. The van der Waals surface area contributed by atoms with Crippen LogP contribution in [0.5, 0.6) is 0 Å². The molecule has 5 nitrogen and oxygen atoms in total. The molecule has 1 heterocycles. The molecule has 286 valence electrons. The van der Waals surface area contributed by atoms with Gasteiger partial charge in [0.05, 0.1) is 34.4 Å². The Morgan fingerprint density at radius 3 is 1.20 bits per heavy atom. The van der Waals surface area contributed by atoms with Crippen molar-refractivity contribution >= 4 is 110 Å². The smallest absolute Gasteiger partial charge is 0.187 e. The van der Waals surface area contributed by atoms with Crippen LogP contribution in [0.25, 0.3) is 48.3 Å². The number of nitriles is 1. The van der Waals surface area contributed by atoms with Gasteiger partial charge in [-0.3, -0.25) is 0 Å². The number of benzene rings is 8. The first-order valence-corrected chi connectivity index (χ1v) is 27.0. The van der Waals surface area contributed by atoms with E-state index in [4.69, 9.17) is 11.0 Å². The summed E-state index contributed by atoms with van der Waals surface area (Å²) in [6.45, 7) is 21.7. The Bertz CT molecular complexity index is 2910. The molecule has 0 saturated heterocycles. The fourth-order valence-corrected chi connectivity index (χ4v) is 10.3. The molecule has 0 aliphatic heterocycles. The minimum absolute atomic E-state index is 0.619. The molecular formula is C52H44N4OSi2. The number of rotatable bonds is 8. The van der Waals surface area contributed by atoms with E-state index in [0.717, 1.165) is 77.6 Å². The average molecular weight is 797 g/mol. The Morgan fingerprint density at radius 1 is 0.458 bits per heavy atom. The van der Waals surface area contributed by atoms with Gasteiger partial charge in [0.2, 0.25) is 0 Å². The van der Waals surface area contributed by atoms with Gasteiger partial charge < -0.3 is 14.2 Å². The average Bonchev–Trinajstić information content (AvgIpc) is 3.58. The highest BCUT2D eigenvalue weighted by molar-refractivity contribution is 6.89. The lowest BCUT2D eigenvalue weighted by Crippen LogP contribution is -2.37. The summed E-state index contributed by atoms with van der Waals surface area (Å²) in [4.78, 5) is 8.14. The van der Waals surface area contributed by atoms with E-state index in [1.165, 1.54) is 10.4 Å². The van der Waals surface area contributed by atoms with Crippen LogP contribution in [0.3, 0.4) is 0 Å². The van der Waals surface area contributed by atoms with Gasteiger partial charge in [0.25, 0.3) is 0 Å². The molecule has 0 atom stereocenters. The molecule has 0 saturated carbocycles. The summed E-state index contributed by atoms with van der Waals surface area (Å²) in [7, 11) is -2.95. The predicted molar refractivity (Wildman–Crippen MR) is 255 cm³/mol. The van der Waals surface area contributed by atoms with Gasteiger partial charge in [0, 0.05) is 44.9 Å². The van der Waals surface area contributed by atoms with Crippen LogP contribution >= 0.6 is 0 Å². The van der Waals surface area contributed by atoms with Gasteiger partial charge in [-0.2, -0.15) is 5.26 Å². The highest BCUT2D eigenvalue weighted by Gasteiger charge is 2.21. The van der Waals surface area contributed by atoms with Crippen LogP contribution in [0.4, 0.5) is 39.8 Å². The highest BCUT2D eigenvalue weighted by Crippen LogP contribution is 2.41. The molecule has 0 N–H and O–H groups in total. The van der Waals surface area contributed by atoms with Crippen LogP contribution < -0.4 is 20.2 Å². The van der Waals surface area contributed by atoms with Crippen molar-refractivity contribution in [2.24, 2.45) is 0 Å². The van der Waals surface area contributed by atoms with Crippen molar-refractivity contribution in [3.05, 3.63) is 175 Å². The van der Waals surface area contributed by atoms with Crippen molar-refractivity contribution in [2.45, 2.75) is 39.3 Å². The molecule has 9 aromatic rings. The van der Waals surface area contributed by atoms with Crippen LogP contribution in [0.1, 0.15) is 5.56 Å². The minimum atomic E-state index is -1.48. The predicted octanol–water partition coefficient (Wildman–Crippen LogP) is 14.3. The standard InChI is InChI=1S/C52H44N4OSi2/c1-54-40-12-18-42(19-13-40)56(44-22-26-48(27-23-44)59(5,6)7)46-17-11-37-31-50-49-30-36-10-16-45(28-38(36)32-51(49)57-52(50)33-39(37)29-46)55(41-14-8-35(34-53)9-15-41)43-20-24-47(25-21-43)58(2,3)4/h8-33H,2-7H3. The summed E-state index contributed by atoms with van der Waals surface area (Å²) in [5.74, 6) is 0. The number of nitrogens with zero attached hydrogens (tertiary/aromatic N) is 4. The molecule has 0 spiro atoms. The maximum Gasteiger partial charge on any atom is 0.187 e. The second-order valence-corrected chi connectivity index (χ2v) is 27.6. The van der Waals surface area contributed by atoms with E-state index in [0.29, 0.717) is 11.3 Å². The number of fused-ring (bicyclic) bond motifs is 5. The first kappa shape index (κ1) is 37.7. The van der Waals surface area contributed by atoms with Gasteiger partial charge in [-0.05, 0) is 131 Å². The molecule has 9 rings (SSSR count). The lowest BCUT2D eigenvalue weighted by atomic mass is 10.0. The van der Waals surface area contributed by atoms with E-state index in [2.05, 4.69) is 169 Å². The fraction of sp³-hybridized carbons (Fsp3) is 0.115. The molecule has 7 heteroatoms. The van der Waals surface area contributed by atoms with Gasteiger partial charge in [0.1, 0.15) is 11.2 Å². The third kappa shape index (κ3) is 7.17. The topological polar surface area (TPSA) is 47.8 Å². The number of hydrogen-bond acceptors (Lipinski definition) is 4. The zero-order valence-electron chi connectivity index (χ0n) is 34.2. The lowest BCUT2D eigenvalue weighted by molar-refractivity contribution is 0.670. The first-order valence-electron chi connectivity index (χ1n) is 20.0. The van der Waals surface area contributed by atoms with E-state index in [-0.39, 0.29) is 0 Å². The lowest BCUT2D eigenvalue weighted by Gasteiger charge is -2.27. The number of furan rings is 1. The van der Waals surface area contributed by atoms with Crippen molar-refractivity contribution in [3.63, 3.8) is 0 Å². The van der Waals surface area contributed by atoms with Gasteiger partial charge >= 0.3 is 0 Å². The molecular weight excluding hydrogens is 753 g/mol. The molecule has 0 unspecified atom stereocenters. The molecule has 0 bridgehead atoms. The molecule has 8 aromatic carbocycles. The van der Waals surface area contributed by atoms with Crippen LogP contribution in [0.2, 0.25) is 39.3 Å². The largest absolute Gasteiger partial charge is 0.456 e. The molecule has 0 radical (unpaired) electrons. The maximum absolute atomic E-state index is 9.51. The van der Waals surface area contributed by atoms with Gasteiger partial charge in [0.15, 0.2) is 5.69 Å². The fourth-order valence-electron chi connectivity index (χ4n) is 7.99. The minimum Gasteiger partial charge on any atom is -0.456 e. The zero-order chi connectivity index (χ0) is 41.1. The summed E-state index contributed by atoms with van der Waals surface area (Å²) < 4.78 is 6.67. The van der Waals surface area contributed by atoms with Crippen LogP contribution in [0.15, 0.2) is 162 Å². The molecule has 0 aliphatic rings. The normalized spacial score (nSPS) is 11.9. The van der Waals surface area contributed by atoms with Crippen LogP contribution in [-0.2, 0) is 0 Å². The summed E-state index contributed by atoms with van der Waals surface area (Å²) in [5, 5.41) is 18.9. The monoisotopic (exact) mass is 796 g/mol. The van der Waals surface area contributed by atoms with E-state index in [9.17, 15) is 5.26 Å². The second-order valence-electron chi connectivity index (χ2n) is 17.4. The SMILES string of the molecule is [C-]#[N+]c1ccc(N(c2ccc([Si](C)(C)C)cc2)c2ccc3cc4c(cc3c2)oc2cc3cc(N(c5ccc(C#N)cc5)c5ccc([Si](C)(C)C)cc5)ccc3cc24)cc1. The zero-order valence-corrected chi connectivity index (χ0v) is 36.2. The Labute approximate surface area is 347 Å². The summed E-state index contributed by atoms with van der Waals surface area (Å²) in [6.07, 6.45) is 0. The van der Waals surface area contributed by atoms with Crippen molar-refractivity contribution in [1.29, 1.82) is 5.26 Å². The van der Waals surface area contributed by atoms with Crippen molar-refractivity contribution in [1.82, 2.24) is 0 Å². The van der Waals surface area contributed by atoms with Crippen molar-refractivity contribution in [2.75, 3.05) is 9.80 Å². The van der Waals surface area contributed by atoms with Gasteiger partial charge in [-0.1, -0.05) is 98.2 Å². The third-order valence-corrected chi connectivity index (χ3v) is 15.5. The van der Waals surface area contributed by atoms with Crippen LogP contribution in [0, 0.1) is 17.9 Å². The number of hydrogen-bond donors (Lipinski definition) is 0. The molecule has 1 aromatic heterocycles. The summed E-state index contributed by atoms with van der Waals surface area (Å²) in [6, 6.07) is 57.8. The third-order valence-electron chi connectivity index (χ3n) is 11.3. The van der Waals surface area contributed by atoms with Crippen LogP contribution in [-0.4, -0.2) is 16.1 Å². The molecule has 0 amide bonds. The van der Waals surface area contributed by atoms with Gasteiger partial charge in [-0.15, -0.1) is 0 Å². The van der Waals surface area contributed by atoms with E-state index in [1.807, 2.05) is 48.5 Å². The Balaban J connectivity index is 1.13. The van der Waals surface area contributed by atoms with Gasteiger partial charge in [-0.25, -0.2) is 4.85 Å². The Hall–Kier alpha value is -6.91. The van der Waals surface area contributed by atoms with E-state index < -0.39 is 16.1 Å². The molecule has 59 heavy (non-hydrogen) atoms. The molecule has 0 aliphatic carbocycles. The van der Waals surface area contributed by atoms with E-state index in [1.54, 1.807) is 0 Å². The van der Waals surface area contributed by atoms with Crippen molar-refractivity contribution < 1.29 is 4.42 Å². The highest BCUT2D eigenvalue weighted by atomic mass is 28.3.